The number of nitrogens with zero attached hydrogens (tertiary/aromatic N) is 1. The van der Waals surface area contributed by atoms with E-state index in [1.165, 1.54) is 18.2 Å². The zero-order valence-electron chi connectivity index (χ0n) is 10.9. The molecule has 0 amide bonds. The number of hydrogen-bond acceptors (Lipinski definition) is 2. The van der Waals surface area contributed by atoms with Crippen LogP contribution in [-0.2, 0) is 6.54 Å². The quantitative estimate of drug-likeness (QED) is 0.871. The van der Waals surface area contributed by atoms with Crippen LogP contribution in [0.1, 0.15) is 12.5 Å². The van der Waals surface area contributed by atoms with Crippen LogP contribution in [0.15, 0.2) is 36.4 Å². The summed E-state index contributed by atoms with van der Waals surface area (Å²) in [7, 11) is 0. The highest BCUT2D eigenvalue weighted by atomic mass is 35.5. The predicted octanol–water partition coefficient (Wildman–Crippen LogP) is 4.86. The van der Waals surface area contributed by atoms with Crippen LogP contribution in [0.4, 0.5) is 10.1 Å². The molecule has 106 valence electrons. The van der Waals surface area contributed by atoms with Gasteiger partial charge in [-0.25, -0.2) is 4.39 Å². The SMILES string of the molecule is CCN(Cc1cc(Cl)cc(Cl)c1O)c1ccc(F)cc1. The summed E-state index contributed by atoms with van der Waals surface area (Å²) in [4.78, 5) is 1.99. The number of benzene rings is 2. The second-order valence-electron chi connectivity index (χ2n) is 4.39. The van der Waals surface area contributed by atoms with Crippen molar-refractivity contribution < 1.29 is 9.50 Å². The van der Waals surface area contributed by atoms with Gasteiger partial charge >= 0.3 is 0 Å². The Morgan fingerprint density at radius 1 is 1.15 bits per heavy atom. The Bertz CT molecular complexity index is 602. The molecule has 0 saturated heterocycles. The first-order valence-corrected chi connectivity index (χ1v) is 6.94. The lowest BCUT2D eigenvalue weighted by Gasteiger charge is -2.24. The first-order valence-electron chi connectivity index (χ1n) is 6.18. The van der Waals surface area contributed by atoms with Crippen molar-refractivity contribution in [3.05, 3.63) is 57.8 Å². The van der Waals surface area contributed by atoms with Crippen LogP contribution in [0.5, 0.6) is 5.75 Å². The Labute approximate surface area is 127 Å². The molecule has 0 heterocycles. The number of hydrogen-bond donors (Lipinski definition) is 1. The van der Waals surface area contributed by atoms with Gasteiger partial charge in [-0.1, -0.05) is 23.2 Å². The number of halogens is 3. The molecule has 0 fully saturated rings. The standard InChI is InChI=1S/C15H14Cl2FNO/c1-2-19(13-5-3-12(18)4-6-13)9-10-7-11(16)8-14(17)15(10)20/h3-8,20H,2,9H2,1H3. The van der Waals surface area contributed by atoms with Crippen LogP contribution in [-0.4, -0.2) is 11.7 Å². The molecular weight excluding hydrogens is 300 g/mol. The maximum absolute atomic E-state index is 13.0. The third kappa shape index (κ3) is 3.35. The largest absolute Gasteiger partial charge is 0.506 e. The maximum Gasteiger partial charge on any atom is 0.139 e. The molecule has 2 aromatic rings. The summed E-state index contributed by atoms with van der Waals surface area (Å²) < 4.78 is 13.0. The lowest BCUT2D eigenvalue weighted by atomic mass is 10.1. The fourth-order valence-corrected chi connectivity index (χ4v) is 2.52. The third-order valence-electron chi connectivity index (χ3n) is 3.04. The molecule has 2 nitrogen and oxygen atoms in total. The van der Waals surface area contributed by atoms with Crippen LogP contribution in [0.2, 0.25) is 10.0 Å². The molecule has 0 spiro atoms. The fourth-order valence-electron chi connectivity index (χ4n) is 1.98. The van der Waals surface area contributed by atoms with Gasteiger partial charge in [-0.2, -0.15) is 0 Å². The van der Waals surface area contributed by atoms with Crippen molar-refractivity contribution in [1.29, 1.82) is 0 Å². The molecular formula is C15H14Cl2FNO. The lowest BCUT2D eigenvalue weighted by molar-refractivity contribution is 0.467. The minimum Gasteiger partial charge on any atom is -0.506 e. The molecule has 2 aromatic carbocycles. The van der Waals surface area contributed by atoms with Crippen LogP contribution in [0.25, 0.3) is 0 Å². The molecule has 2 rings (SSSR count). The van der Waals surface area contributed by atoms with Crippen molar-refractivity contribution in [2.24, 2.45) is 0 Å². The van der Waals surface area contributed by atoms with Gasteiger partial charge < -0.3 is 10.0 Å². The van der Waals surface area contributed by atoms with Crippen LogP contribution < -0.4 is 4.90 Å². The number of rotatable bonds is 4. The first kappa shape index (κ1) is 14.9. The molecule has 1 N–H and O–H groups in total. The van der Waals surface area contributed by atoms with Gasteiger partial charge in [-0.3, -0.25) is 0 Å². The Morgan fingerprint density at radius 2 is 1.80 bits per heavy atom. The number of aromatic hydroxyl groups is 1. The molecule has 20 heavy (non-hydrogen) atoms. The van der Waals surface area contributed by atoms with E-state index >= 15 is 0 Å². The average molecular weight is 314 g/mol. The van der Waals surface area contributed by atoms with E-state index in [1.54, 1.807) is 18.2 Å². The van der Waals surface area contributed by atoms with Crippen LogP contribution >= 0.6 is 23.2 Å². The maximum atomic E-state index is 13.0. The second-order valence-corrected chi connectivity index (χ2v) is 5.23. The van der Waals surface area contributed by atoms with Gasteiger partial charge in [0.05, 0.1) is 5.02 Å². The smallest absolute Gasteiger partial charge is 0.139 e. The first-order chi connectivity index (χ1) is 9.51. The van der Waals surface area contributed by atoms with Crippen LogP contribution in [0, 0.1) is 5.82 Å². The van der Waals surface area contributed by atoms with Gasteiger partial charge in [0, 0.05) is 29.4 Å². The van der Waals surface area contributed by atoms with E-state index in [-0.39, 0.29) is 16.6 Å². The molecule has 0 aliphatic heterocycles. The van der Waals surface area contributed by atoms with E-state index in [0.717, 1.165) is 5.69 Å². The van der Waals surface area contributed by atoms with E-state index in [9.17, 15) is 9.50 Å². The monoisotopic (exact) mass is 313 g/mol. The van der Waals surface area contributed by atoms with E-state index in [4.69, 9.17) is 23.2 Å². The molecule has 0 aliphatic rings. The zero-order valence-corrected chi connectivity index (χ0v) is 12.4. The summed E-state index contributed by atoms with van der Waals surface area (Å²) in [5.74, 6) is -0.255. The zero-order chi connectivity index (χ0) is 14.7. The Balaban J connectivity index is 2.29. The topological polar surface area (TPSA) is 23.5 Å². The summed E-state index contributed by atoms with van der Waals surface area (Å²) in [6.45, 7) is 3.12. The minimum atomic E-state index is -0.279. The average Bonchev–Trinajstić information content (AvgIpc) is 2.42. The summed E-state index contributed by atoms with van der Waals surface area (Å²) in [6.07, 6.45) is 0. The van der Waals surface area contributed by atoms with Gasteiger partial charge in [0.25, 0.3) is 0 Å². The molecule has 0 aliphatic carbocycles. The fraction of sp³-hybridized carbons (Fsp3) is 0.200. The van der Waals surface area contributed by atoms with Crippen molar-refractivity contribution in [2.75, 3.05) is 11.4 Å². The van der Waals surface area contributed by atoms with E-state index in [0.29, 0.717) is 23.7 Å². The molecule has 0 radical (unpaired) electrons. The number of phenolic OH excluding ortho intramolecular Hbond substituents is 1. The van der Waals surface area contributed by atoms with E-state index in [1.807, 2.05) is 11.8 Å². The van der Waals surface area contributed by atoms with Crippen molar-refractivity contribution in [3.63, 3.8) is 0 Å². The highest BCUT2D eigenvalue weighted by Crippen LogP contribution is 2.32. The molecule has 0 atom stereocenters. The van der Waals surface area contributed by atoms with Gasteiger partial charge in [0.15, 0.2) is 0 Å². The van der Waals surface area contributed by atoms with Crippen molar-refractivity contribution in [3.8, 4) is 5.75 Å². The minimum absolute atomic E-state index is 0.0247. The molecule has 0 bridgehead atoms. The van der Waals surface area contributed by atoms with Gasteiger partial charge in [-0.05, 0) is 43.3 Å². The Morgan fingerprint density at radius 3 is 2.40 bits per heavy atom. The number of anilines is 1. The lowest BCUT2D eigenvalue weighted by Crippen LogP contribution is -2.22. The summed E-state index contributed by atoms with van der Waals surface area (Å²) in [5.41, 5.74) is 1.50. The Kier molecular flexibility index (Phi) is 4.73. The van der Waals surface area contributed by atoms with Crippen molar-refractivity contribution in [1.82, 2.24) is 0 Å². The highest BCUT2D eigenvalue weighted by molar-refractivity contribution is 6.35. The number of phenols is 1. The Hall–Kier alpha value is -1.45. The van der Waals surface area contributed by atoms with Gasteiger partial charge in [0.2, 0.25) is 0 Å². The van der Waals surface area contributed by atoms with E-state index in [2.05, 4.69) is 0 Å². The summed E-state index contributed by atoms with van der Waals surface area (Å²) >= 11 is 11.9. The van der Waals surface area contributed by atoms with Gasteiger partial charge in [0.1, 0.15) is 11.6 Å². The molecule has 0 saturated carbocycles. The van der Waals surface area contributed by atoms with E-state index < -0.39 is 0 Å². The molecule has 5 heteroatoms. The summed E-state index contributed by atoms with van der Waals surface area (Å²) in [6, 6.07) is 9.38. The molecule has 0 unspecified atom stereocenters. The van der Waals surface area contributed by atoms with Gasteiger partial charge in [-0.15, -0.1) is 0 Å². The van der Waals surface area contributed by atoms with Crippen LogP contribution in [0.3, 0.4) is 0 Å². The normalized spacial score (nSPS) is 10.6. The predicted molar refractivity (Wildman–Crippen MR) is 81.3 cm³/mol. The highest BCUT2D eigenvalue weighted by Gasteiger charge is 2.12. The molecule has 0 aromatic heterocycles. The summed E-state index contributed by atoms with van der Waals surface area (Å²) in [5, 5.41) is 10.7. The third-order valence-corrected chi connectivity index (χ3v) is 3.55. The second kappa shape index (κ2) is 6.33. The van der Waals surface area contributed by atoms with Crippen molar-refractivity contribution in [2.45, 2.75) is 13.5 Å². The van der Waals surface area contributed by atoms with Crippen molar-refractivity contribution >= 4 is 28.9 Å².